The first-order valence-electron chi connectivity index (χ1n) is 6.18. The Morgan fingerprint density at radius 2 is 2.20 bits per heavy atom. The van der Waals surface area contributed by atoms with Crippen LogP contribution in [0, 0.1) is 0 Å². The monoisotopic (exact) mass is 316 g/mol. The van der Waals surface area contributed by atoms with Crippen LogP contribution in [0.4, 0.5) is 4.79 Å². The molecule has 20 heavy (non-hydrogen) atoms. The molecule has 0 aliphatic carbocycles. The second-order valence-corrected chi connectivity index (χ2v) is 5.22. The van der Waals surface area contributed by atoms with Gasteiger partial charge in [0.15, 0.2) is 0 Å². The molecule has 0 radical (unpaired) electrons. The fourth-order valence-corrected chi connectivity index (χ4v) is 2.36. The molecule has 2 amide bonds. The highest BCUT2D eigenvalue weighted by Gasteiger charge is 2.23. The Morgan fingerprint density at radius 3 is 2.85 bits per heavy atom. The summed E-state index contributed by atoms with van der Waals surface area (Å²) in [4.78, 5) is 24.2. The summed E-state index contributed by atoms with van der Waals surface area (Å²) in [5, 5.41) is 3.90. The van der Waals surface area contributed by atoms with Crippen LogP contribution >= 0.6 is 23.2 Å². The van der Waals surface area contributed by atoms with Gasteiger partial charge in [0.1, 0.15) is 13.2 Å². The minimum absolute atomic E-state index is 0.0210. The Bertz CT molecular complexity index is 522. The van der Waals surface area contributed by atoms with Crippen LogP contribution in [-0.2, 0) is 16.0 Å². The Kier molecular flexibility index (Phi) is 5.09. The number of carbonyl (C=O) groups is 2. The lowest BCUT2D eigenvalue weighted by Crippen LogP contribution is -2.38. The molecule has 1 aromatic carbocycles. The van der Waals surface area contributed by atoms with Gasteiger partial charge >= 0.3 is 6.09 Å². The smallest absolute Gasteiger partial charge is 0.410 e. The zero-order chi connectivity index (χ0) is 14.5. The lowest BCUT2D eigenvalue weighted by atomic mass is 10.1. The average molecular weight is 317 g/mol. The average Bonchev–Trinajstić information content (AvgIpc) is 2.78. The van der Waals surface area contributed by atoms with Crippen molar-refractivity contribution in [1.82, 2.24) is 10.2 Å². The van der Waals surface area contributed by atoms with E-state index < -0.39 is 6.09 Å². The molecule has 1 aliphatic rings. The van der Waals surface area contributed by atoms with E-state index in [4.69, 9.17) is 27.9 Å². The van der Waals surface area contributed by atoms with E-state index in [1.165, 1.54) is 4.90 Å². The molecular formula is C13H14Cl2N2O3. The van der Waals surface area contributed by atoms with Crippen LogP contribution in [-0.4, -0.2) is 43.1 Å². The standard InChI is InChI=1S/C13H14Cl2N2O3/c14-10-2-1-9(11(15)7-10)3-4-16-12(18)8-17-5-6-20-13(17)19/h1-2,7H,3-6,8H2,(H,16,18). The summed E-state index contributed by atoms with van der Waals surface area (Å²) in [7, 11) is 0. The molecule has 1 aromatic rings. The Balaban J connectivity index is 1.75. The van der Waals surface area contributed by atoms with E-state index in [1.807, 2.05) is 6.07 Å². The number of nitrogens with one attached hydrogen (secondary N) is 1. The molecule has 1 fully saturated rings. The van der Waals surface area contributed by atoms with Crippen LogP contribution in [0.25, 0.3) is 0 Å². The fraction of sp³-hybridized carbons (Fsp3) is 0.385. The van der Waals surface area contributed by atoms with Crippen LogP contribution in [0.3, 0.4) is 0 Å². The minimum atomic E-state index is -0.444. The van der Waals surface area contributed by atoms with Crippen molar-refractivity contribution in [2.24, 2.45) is 0 Å². The van der Waals surface area contributed by atoms with Crippen molar-refractivity contribution in [3.63, 3.8) is 0 Å². The lowest BCUT2D eigenvalue weighted by Gasteiger charge is -2.12. The van der Waals surface area contributed by atoms with E-state index in [9.17, 15) is 9.59 Å². The molecule has 1 N–H and O–H groups in total. The van der Waals surface area contributed by atoms with Crippen molar-refractivity contribution in [2.75, 3.05) is 26.2 Å². The van der Waals surface area contributed by atoms with Gasteiger partial charge in [0.05, 0.1) is 6.54 Å². The van der Waals surface area contributed by atoms with E-state index in [0.717, 1.165) is 5.56 Å². The number of rotatable bonds is 5. The van der Waals surface area contributed by atoms with Crippen LogP contribution in [0.15, 0.2) is 18.2 Å². The molecule has 1 heterocycles. The van der Waals surface area contributed by atoms with Gasteiger partial charge in [-0.15, -0.1) is 0 Å². The molecule has 0 bridgehead atoms. The molecule has 1 saturated heterocycles. The van der Waals surface area contributed by atoms with Gasteiger partial charge in [0.25, 0.3) is 0 Å². The molecule has 108 valence electrons. The fourth-order valence-electron chi connectivity index (χ4n) is 1.86. The number of carbonyl (C=O) groups excluding carboxylic acids is 2. The maximum Gasteiger partial charge on any atom is 0.410 e. The number of amides is 2. The predicted molar refractivity (Wildman–Crippen MR) is 76.1 cm³/mol. The maximum atomic E-state index is 11.7. The summed E-state index contributed by atoms with van der Waals surface area (Å²) in [5.41, 5.74) is 0.914. The second kappa shape index (κ2) is 6.81. The number of ether oxygens (including phenoxy) is 1. The van der Waals surface area contributed by atoms with Crippen molar-refractivity contribution >= 4 is 35.2 Å². The molecule has 0 atom stereocenters. The normalized spacial score (nSPS) is 14.3. The van der Waals surface area contributed by atoms with Gasteiger partial charge in [-0.2, -0.15) is 0 Å². The Hall–Kier alpha value is -1.46. The third-order valence-corrected chi connectivity index (χ3v) is 3.50. The zero-order valence-corrected chi connectivity index (χ0v) is 12.2. The first-order chi connectivity index (χ1) is 9.56. The highest BCUT2D eigenvalue weighted by Crippen LogP contribution is 2.20. The van der Waals surface area contributed by atoms with E-state index in [1.54, 1.807) is 12.1 Å². The van der Waals surface area contributed by atoms with Crippen molar-refractivity contribution in [3.05, 3.63) is 33.8 Å². The Morgan fingerprint density at radius 1 is 1.40 bits per heavy atom. The van der Waals surface area contributed by atoms with Gasteiger partial charge in [0.2, 0.25) is 5.91 Å². The molecule has 0 unspecified atom stereocenters. The van der Waals surface area contributed by atoms with Crippen molar-refractivity contribution in [3.8, 4) is 0 Å². The van der Waals surface area contributed by atoms with Gasteiger partial charge in [-0.05, 0) is 24.1 Å². The first kappa shape index (κ1) is 14.9. The number of cyclic esters (lactones) is 1. The Labute approximate surface area is 126 Å². The summed E-state index contributed by atoms with van der Waals surface area (Å²) in [6.07, 6.45) is 0.160. The summed E-state index contributed by atoms with van der Waals surface area (Å²) >= 11 is 11.8. The largest absolute Gasteiger partial charge is 0.448 e. The molecule has 5 nitrogen and oxygen atoms in total. The van der Waals surface area contributed by atoms with E-state index in [0.29, 0.717) is 36.2 Å². The molecule has 7 heteroatoms. The molecule has 2 rings (SSSR count). The predicted octanol–water partition coefficient (Wildman–Crippen LogP) is 2.10. The molecule has 1 aliphatic heterocycles. The van der Waals surface area contributed by atoms with Gasteiger partial charge in [0, 0.05) is 16.6 Å². The van der Waals surface area contributed by atoms with Crippen molar-refractivity contribution in [1.29, 1.82) is 0 Å². The second-order valence-electron chi connectivity index (χ2n) is 4.37. The summed E-state index contributed by atoms with van der Waals surface area (Å²) in [6.45, 7) is 1.26. The molecule has 0 spiro atoms. The molecule has 0 saturated carbocycles. The number of benzene rings is 1. The third-order valence-electron chi connectivity index (χ3n) is 2.91. The van der Waals surface area contributed by atoms with E-state index in [-0.39, 0.29) is 12.5 Å². The van der Waals surface area contributed by atoms with E-state index in [2.05, 4.69) is 5.32 Å². The van der Waals surface area contributed by atoms with Crippen LogP contribution in [0.2, 0.25) is 10.0 Å². The quantitative estimate of drug-likeness (QED) is 0.905. The number of nitrogens with zero attached hydrogens (tertiary/aromatic N) is 1. The minimum Gasteiger partial charge on any atom is -0.448 e. The van der Waals surface area contributed by atoms with Crippen LogP contribution < -0.4 is 5.32 Å². The summed E-state index contributed by atoms with van der Waals surface area (Å²) in [6, 6.07) is 5.25. The maximum absolute atomic E-state index is 11.7. The SMILES string of the molecule is O=C(CN1CCOC1=O)NCCc1ccc(Cl)cc1Cl. The van der Waals surface area contributed by atoms with Gasteiger partial charge in [-0.3, -0.25) is 9.69 Å². The van der Waals surface area contributed by atoms with Gasteiger partial charge < -0.3 is 10.1 Å². The van der Waals surface area contributed by atoms with Gasteiger partial charge in [-0.25, -0.2) is 4.79 Å². The zero-order valence-electron chi connectivity index (χ0n) is 10.7. The number of hydrogen-bond acceptors (Lipinski definition) is 3. The topological polar surface area (TPSA) is 58.6 Å². The van der Waals surface area contributed by atoms with Crippen molar-refractivity contribution < 1.29 is 14.3 Å². The van der Waals surface area contributed by atoms with Crippen LogP contribution in [0.5, 0.6) is 0 Å². The molecular weight excluding hydrogens is 303 g/mol. The highest BCUT2D eigenvalue weighted by atomic mass is 35.5. The van der Waals surface area contributed by atoms with E-state index >= 15 is 0 Å². The number of hydrogen-bond donors (Lipinski definition) is 1. The van der Waals surface area contributed by atoms with Crippen molar-refractivity contribution in [2.45, 2.75) is 6.42 Å². The summed E-state index contributed by atoms with van der Waals surface area (Å²) < 4.78 is 4.74. The van der Waals surface area contributed by atoms with Crippen LogP contribution in [0.1, 0.15) is 5.56 Å². The lowest BCUT2D eigenvalue weighted by molar-refractivity contribution is -0.121. The first-order valence-corrected chi connectivity index (χ1v) is 6.94. The third kappa shape index (κ3) is 4.02. The van der Waals surface area contributed by atoms with Gasteiger partial charge in [-0.1, -0.05) is 29.3 Å². The number of halogens is 2. The summed E-state index contributed by atoms with van der Waals surface area (Å²) in [5.74, 6) is -0.214. The highest BCUT2D eigenvalue weighted by molar-refractivity contribution is 6.35. The molecule has 0 aromatic heterocycles.